The summed E-state index contributed by atoms with van der Waals surface area (Å²) in [6.07, 6.45) is 0.617. The smallest absolute Gasteiger partial charge is 0.324 e. The van der Waals surface area contributed by atoms with Crippen molar-refractivity contribution in [1.82, 2.24) is 10.4 Å². The summed E-state index contributed by atoms with van der Waals surface area (Å²) in [6, 6.07) is 6.11. The van der Waals surface area contributed by atoms with Crippen LogP contribution in [0.15, 0.2) is 24.3 Å². The molecular weight excluding hydrogens is 261 g/mol. The minimum absolute atomic E-state index is 0.162. The van der Waals surface area contributed by atoms with Crippen LogP contribution in [0.25, 0.3) is 0 Å². The highest BCUT2D eigenvalue weighted by atomic mass is 19.1. The molecule has 20 heavy (non-hydrogen) atoms. The summed E-state index contributed by atoms with van der Waals surface area (Å²) in [4.78, 5) is 16.8. The molecule has 1 aliphatic heterocycles. The molecule has 5 nitrogen and oxygen atoms in total. The second-order valence-corrected chi connectivity index (χ2v) is 4.84. The summed E-state index contributed by atoms with van der Waals surface area (Å²) in [5, 5.41) is 4.79. The highest BCUT2D eigenvalue weighted by Gasteiger charge is 2.31. The maximum absolute atomic E-state index is 12.9. The molecule has 2 atom stereocenters. The molecule has 0 aliphatic carbocycles. The molecular formula is C14H20FN3O2. The third-order valence-corrected chi connectivity index (χ3v) is 3.36. The number of nitrogens with two attached hydrogens (primary N) is 1. The first kappa shape index (κ1) is 14.9. The number of carbonyl (C=O) groups excluding carboxylic acids is 1. The Morgan fingerprint density at radius 1 is 1.50 bits per heavy atom. The minimum Gasteiger partial charge on any atom is -0.368 e. The van der Waals surface area contributed by atoms with Crippen LogP contribution in [0.5, 0.6) is 0 Å². The van der Waals surface area contributed by atoms with E-state index >= 15 is 0 Å². The number of nitrogens with zero attached hydrogens (tertiary/aromatic N) is 1. The van der Waals surface area contributed by atoms with E-state index in [1.807, 2.05) is 0 Å². The van der Waals surface area contributed by atoms with E-state index in [1.165, 1.54) is 12.1 Å². The van der Waals surface area contributed by atoms with E-state index in [0.29, 0.717) is 25.9 Å². The Balaban J connectivity index is 2.07. The van der Waals surface area contributed by atoms with Crippen LogP contribution < -0.4 is 11.1 Å². The van der Waals surface area contributed by atoms with Gasteiger partial charge in [-0.1, -0.05) is 19.1 Å². The standard InChI is InChI=1S/C14H20FN3O2/c1-2-13(19)20-18-8-7-17-14(16)12(18)9-10-3-5-11(15)6-4-10/h3-6,12,14,17H,2,7-9,16H2,1H3. The quantitative estimate of drug-likeness (QED) is 0.854. The first-order valence-electron chi connectivity index (χ1n) is 6.81. The van der Waals surface area contributed by atoms with Gasteiger partial charge in [0.05, 0.1) is 12.2 Å². The number of benzene rings is 1. The van der Waals surface area contributed by atoms with Crippen molar-refractivity contribution in [2.24, 2.45) is 5.73 Å². The molecule has 0 radical (unpaired) electrons. The van der Waals surface area contributed by atoms with Crippen molar-refractivity contribution in [1.29, 1.82) is 0 Å². The Labute approximate surface area is 117 Å². The van der Waals surface area contributed by atoms with Gasteiger partial charge in [-0.3, -0.25) is 10.1 Å². The summed E-state index contributed by atoms with van der Waals surface area (Å²) in [7, 11) is 0. The summed E-state index contributed by atoms with van der Waals surface area (Å²) >= 11 is 0. The summed E-state index contributed by atoms with van der Waals surface area (Å²) in [6.45, 7) is 3.00. The second-order valence-electron chi connectivity index (χ2n) is 4.84. The zero-order valence-electron chi connectivity index (χ0n) is 11.5. The first-order valence-corrected chi connectivity index (χ1v) is 6.81. The highest BCUT2D eigenvalue weighted by Crippen LogP contribution is 2.15. The van der Waals surface area contributed by atoms with Gasteiger partial charge in [0.25, 0.3) is 0 Å². The molecule has 0 aromatic heterocycles. The van der Waals surface area contributed by atoms with Crippen molar-refractivity contribution >= 4 is 5.97 Å². The summed E-state index contributed by atoms with van der Waals surface area (Å²) < 4.78 is 12.9. The van der Waals surface area contributed by atoms with Gasteiger partial charge in [-0.15, -0.1) is 5.06 Å². The van der Waals surface area contributed by atoms with E-state index in [1.54, 1.807) is 24.1 Å². The van der Waals surface area contributed by atoms with Crippen molar-refractivity contribution in [2.45, 2.75) is 32.0 Å². The first-order chi connectivity index (χ1) is 9.60. The molecule has 6 heteroatoms. The van der Waals surface area contributed by atoms with Crippen molar-refractivity contribution in [3.8, 4) is 0 Å². The van der Waals surface area contributed by atoms with E-state index in [9.17, 15) is 9.18 Å². The predicted molar refractivity (Wildman–Crippen MR) is 73.0 cm³/mol. The highest BCUT2D eigenvalue weighted by molar-refractivity contribution is 5.68. The lowest BCUT2D eigenvalue weighted by Crippen LogP contribution is -2.62. The Hall–Kier alpha value is -1.50. The third-order valence-electron chi connectivity index (χ3n) is 3.36. The van der Waals surface area contributed by atoms with E-state index < -0.39 is 0 Å². The average Bonchev–Trinajstić information content (AvgIpc) is 2.44. The molecule has 1 fully saturated rings. The topological polar surface area (TPSA) is 67.6 Å². The Kier molecular flexibility index (Phi) is 5.05. The third kappa shape index (κ3) is 3.75. The van der Waals surface area contributed by atoms with Gasteiger partial charge in [0.1, 0.15) is 5.82 Å². The van der Waals surface area contributed by atoms with Crippen LogP contribution in [0.4, 0.5) is 4.39 Å². The number of rotatable bonds is 4. The fourth-order valence-electron chi connectivity index (χ4n) is 2.22. The SMILES string of the molecule is CCC(=O)ON1CCNC(N)C1Cc1ccc(F)cc1. The molecule has 1 aromatic rings. The Morgan fingerprint density at radius 2 is 2.20 bits per heavy atom. The van der Waals surface area contributed by atoms with Gasteiger partial charge in [-0.2, -0.15) is 0 Å². The fraction of sp³-hybridized carbons (Fsp3) is 0.500. The number of carbonyl (C=O) groups is 1. The summed E-state index contributed by atoms with van der Waals surface area (Å²) in [5.41, 5.74) is 7.00. The molecule has 2 rings (SSSR count). The van der Waals surface area contributed by atoms with Crippen LogP contribution >= 0.6 is 0 Å². The number of piperazine rings is 1. The second kappa shape index (κ2) is 6.78. The van der Waals surface area contributed by atoms with Gasteiger partial charge in [0.15, 0.2) is 0 Å². The molecule has 0 saturated carbocycles. The van der Waals surface area contributed by atoms with E-state index in [4.69, 9.17) is 10.6 Å². The molecule has 0 bridgehead atoms. The van der Waals surface area contributed by atoms with E-state index in [0.717, 1.165) is 5.56 Å². The lowest BCUT2D eigenvalue weighted by Gasteiger charge is -2.38. The zero-order valence-corrected chi connectivity index (χ0v) is 11.5. The van der Waals surface area contributed by atoms with Crippen LogP contribution in [0, 0.1) is 5.82 Å². The van der Waals surface area contributed by atoms with Crippen LogP contribution in [0.2, 0.25) is 0 Å². The maximum atomic E-state index is 12.9. The van der Waals surface area contributed by atoms with Crippen molar-refractivity contribution in [3.05, 3.63) is 35.6 Å². The summed E-state index contributed by atoms with van der Waals surface area (Å²) in [5.74, 6) is -0.544. The zero-order chi connectivity index (χ0) is 14.5. The Morgan fingerprint density at radius 3 is 2.85 bits per heavy atom. The van der Waals surface area contributed by atoms with Crippen molar-refractivity contribution < 1.29 is 14.0 Å². The predicted octanol–water partition coefficient (Wildman–Crippen LogP) is 0.795. The van der Waals surface area contributed by atoms with Gasteiger partial charge in [0, 0.05) is 19.5 Å². The van der Waals surface area contributed by atoms with Crippen molar-refractivity contribution in [3.63, 3.8) is 0 Å². The molecule has 1 aliphatic rings. The lowest BCUT2D eigenvalue weighted by atomic mass is 10.0. The molecule has 110 valence electrons. The monoisotopic (exact) mass is 281 g/mol. The van der Waals surface area contributed by atoms with Crippen LogP contribution in [0.3, 0.4) is 0 Å². The van der Waals surface area contributed by atoms with Gasteiger partial charge in [-0.25, -0.2) is 4.39 Å². The molecule has 2 unspecified atom stereocenters. The normalized spacial score (nSPS) is 23.6. The van der Waals surface area contributed by atoms with Gasteiger partial charge < -0.3 is 10.6 Å². The molecule has 0 amide bonds. The van der Waals surface area contributed by atoms with Crippen LogP contribution in [-0.2, 0) is 16.1 Å². The number of hydrogen-bond acceptors (Lipinski definition) is 5. The number of hydrogen-bond donors (Lipinski definition) is 2. The fourth-order valence-corrected chi connectivity index (χ4v) is 2.22. The Bertz CT molecular complexity index is 452. The van der Waals surface area contributed by atoms with Crippen LogP contribution in [0.1, 0.15) is 18.9 Å². The molecule has 1 saturated heterocycles. The van der Waals surface area contributed by atoms with Gasteiger partial charge in [0.2, 0.25) is 0 Å². The molecule has 3 N–H and O–H groups in total. The lowest BCUT2D eigenvalue weighted by molar-refractivity contribution is -0.209. The van der Waals surface area contributed by atoms with E-state index in [-0.39, 0.29) is 24.0 Å². The maximum Gasteiger partial charge on any atom is 0.324 e. The molecule has 1 heterocycles. The molecule has 0 spiro atoms. The van der Waals surface area contributed by atoms with Gasteiger partial charge >= 0.3 is 5.97 Å². The number of nitrogens with one attached hydrogen (secondary N) is 1. The number of hydroxylamine groups is 2. The average molecular weight is 281 g/mol. The van der Waals surface area contributed by atoms with Crippen molar-refractivity contribution in [2.75, 3.05) is 13.1 Å². The van der Waals surface area contributed by atoms with Gasteiger partial charge in [-0.05, 0) is 24.1 Å². The largest absolute Gasteiger partial charge is 0.368 e. The van der Waals surface area contributed by atoms with E-state index in [2.05, 4.69) is 5.32 Å². The minimum atomic E-state index is -0.293. The number of halogens is 1. The molecule has 1 aromatic carbocycles. The van der Waals surface area contributed by atoms with Crippen LogP contribution in [-0.4, -0.2) is 36.3 Å².